The minimum absolute atomic E-state index is 0.397. The lowest BCUT2D eigenvalue weighted by atomic mass is 10.0. The molecule has 0 aliphatic rings. The van der Waals surface area contributed by atoms with Crippen molar-refractivity contribution < 1.29 is 0 Å². The summed E-state index contributed by atoms with van der Waals surface area (Å²) in [5.74, 6) is 2.46. The van der Waals surface area contributed by atoms with E-state index in [9.17, 15) is 0 Å². The number of aromatic nitrogens is 3. The Kier molecular flexibility index (Phi) is 4.82. The average Bonchev–Trinajstić information content (AvgIpc) is 2.86. The van der Waals surface area contributed by atoms with E-state index in [-0.39, 0.29) is 0 Å². The molecule has 0 aliphatic carbocycles. The number of rotatable bonds is 7. The summed E-state index contributed by atoms with van der Waals surface area (Å²) >= 11 is 0. The van der Waals surface area contributed by atoms with E-state index in [4.69, 9.17) is 0 Å². The van der Waals surface area contributed by atoms with Crippen LogP contribution in [-0.2, 0) is 0 Å². The highest BCUT2D eigenvalue weighted by molar-refractivity contribution is 5.65. The molecule has 110 valence electrons. The van der Waals surface area contributed by atoms with Gasteiger partial charge in [0.15, 0.2) is 11.5 Å². The van der Waals surface area contributed by atoms with Gasteiger partial charge in [0.25, 0.3) is 0 Å². The van der Waals surface area contributed by atoms with Crippen molar-refractivity contribution in [3.05, 3.63) is 18.6 Å². The molecule has 1 atom stereocenters. The zero-order valence-electron chi connectivity index (χ0n) is 12.8. The molecule has 0 fully saturated rings. The number of nitrogens with zero attached hydrogens (tertiary/aromatic N) is 3. The first-order chi connectivity index (χ1) is 9.60. The zero-order valence-corrected chi connectivity index (χ0v) is 12.8. The molecule has 0 aromatic carbocycles. The predicted octanol–water partition coefficient (Wildman–Crippen LogP) is 3.40. The van der Waals surface area contributed by atoms with E-state index in [1.165, 1.54) is 12.8 Å². The Balaban J connectivity index is 2.06. The van der Waals surface area contributed by atoms with E-state index in [1.54, 1.807) is 6.20 Å². The van der Waals surface area contributed by atoms with Crippen molar-refractivity contribution in [1.82, 2.24) is 14.4 Å². The molecule has 1 unspecified atom stereocenters. The van der Waals surface area contributed by atoms with Crippen LogP contribution < -0.4 is 10.6 Å². The maximum atomic E-state index is 4.57. The summed E-state index contributed by atoms with van der Waals surface area (Å²) in [5.41, 5.74) is 0.875. The van der Waals surface area contributed by atoms with Gasteiger partial charge in [-0.25, -0.2) is 9.97 Å². The number of fused-ring (bicyclic) bond motifs is 1. The van der Waals surface area contributed by atoms with Crippen LogP contribution in [0.3, 0.4) is 0 Å². The third-order valence-corrected chi connectivity index (χ3v) is 3.43. The molecule has 0 saturated carbocycles. The third kappa shape index (κ3) is 3.62. The molecule has 2 heterocycles. The monoisotopic (exact) mass is 275 g/mol. The molecular weight excluding hydrogens is 250 g/mol. The summed E-state index contributed by atoms with van der Waals surface area (Å²) in [6.07, 6.45) is 9.34. The van der Waals surface area contributed by atoms with Crippen molar-refractivity contribution in [3.63, 3.8) is 0 Å². The van der Waals surface area contributed by atoms with Crippen LogP contribution in [0.4, 0.5) is 11.6 Å². The van der Waals surface area contributed by atoms with Crippen LogP contribution in [0.15, 0.2) is 18.6 Å². The molecular formula is C15H25N5. The second-order valence-corrected chi connectivity index (χ2v) is 5.75. The van der Waals surface area contributed by atoms with Crippen LogP contribution in [0, 0.1) is 5.92 Å². The number of imidazole rings is 1. The molecule has 0 saturated heterocycles. The average molecular weight is 275 g/mol. The maximum Gasteiger partial charge on any atom is 0.180 e. The predicted molar refractivity (Wildman–Crippen MR) is 84.3 cm³/mol. The smallest absolute Gasteiger partial charge is 0.180 e. The molecule has 20 heavy (non-hydrogen) atoms. The van der Waals surface area contributed by atoms with Gasteiger partial charge in [0.05, 0.1) is 6.20 Å². The van der Waals surface area contributed by atoms with E-state index < -0.39 is 0 Å². The van der Waals surface area contributed by atoms with Gasteiger partial charge < -0.3 is 15.0 Å². The summed E-state index contributed by atoms with van der Waals surface area (Å²) in [6.45, 7) is 6.74. The Morgan fingerprint density at radius 2 is 2.05 bits per heavy atom. The van der Waals surface area contributed by atoms with Crippen LogP contribution in [0.1, 0.15) is 40.0 Å². The third-order valence-electron chi connectivity index (χ3n) is 3.43. The molecule has 0 spiro atoms. The highest BCUT2D eigenvalue weighted by Crippen LogP contribution is 2.18. The van der Waals surface area contributed by atoms with Crippen molar-refractivity contribution in [2.75, 3.05) is 17.7 Å². The molecule has 5 heteroatoms. The fourth-order valence-corrected chi connectivity index (χ4v) is 2.29. The van der Waals surface area contributed by atoms with Crippen LogP contribution in [-0.4, -0.2) is 27.5 Å². The lowest BCUT2D eigenvalue weighted by Crippen LogP contribution is -2.17. The highest BCUT2D eigenvalue weighted by atomic mass is 15.1. The Bertz CT molecular complexity index is 546. The lowest BCUT2D eigenvalue weighted by Gasteiger charge is -2.16. The second-order valence-electron chi connectivity index (χ2n) is 5.75. The summed E-state index contributed by atoms with van der Waals surface area (Å²) in [4.78, 5) is 8.94. The molecule has 0 bridgehead atoms. The second kappa shape index (κ2) is 6.59. The molecule has 0 aliphatic heterocycles. The van der Waals surface area contributed by atoms with Gasteiger partial charge in [-0.3, -0.25) is 0 Å². The zero-order chi connectivity index (χ0) is 14.5. The number of nitrogens with one attached hydrogen (secondary N) is 2. The van der Waals surface area contributed by atoms with Crippen molar-refractivity contribution in [1.29, 1.82) is 0 Å². The largest absolute Gasteiger partial charge is 0.372 e. The topological polar surface area (TPSA) is 54.2 Å². The Hall–Kier alpha value is -1.78. The van der Waals surface area contributed by atoms with Crippen molar-refractivity contribution >= 4 is 17.3 Å². The number of anilines is 2. The Morgan fingerprint density at radius 1 is 1.25 bits per heavy atom. The van der Waals surface area contributed by atoms with Crippen molar-refractivity contribution in [2.45, 2.75) is 46.1 Å². The van der Waals surface area contributed by atoms with E-state index in [2.05, 4.69) is 41.4 Å². The summed E-state index contributed by atoms with van der Waals surface area (Å²) < 4.78 is 1.99. The van der Waals surface area contributed by atoms with Crippen LogP contribution in [0.5, 0.6) is 0 Å². The van der Waals surface area contributed by atoms with Gasteiger partial charge in [-0.1, -0.05) is 26.7 Å². The van der Waals surface area contributed by atoms with E-state index >= 15 is 0 Å². The van der Waals surface area contributed by atoms with Crippen LogP contribution in [0.2, 0.25) is 0 Å². The lowest BCUT2D eigenvalue weighted by molar-refractivity contribution is 0.520. The SMILES string of the molecule is CNc1cn2ccnc2c(NC(C)CCCC(C)C)n1. The van der Waals surface area contributed by atoms with Gasteiger partial charge in [0.2, 0.25) is 0 Å². The van der Waals surface area contributed by atoms with E-state index in [0.29, 0.717) is 6.04 Å². The van der Waals surface area contributed by atoms with E-state index in [0.717, 1.165) is 29.6 Å². The standard InChI is InChI=1S/C15H25N5/c1-11(2)6-5-7-12(3)18-14-15-17-8-9-20(15)10-13(16-4)19-14/h8-12,16H,5-7H2,1-4H3,(H,18,19). The fourth-order valence-electron chi connectivity index (χ4n) is 2.29. The van der Waals surface area contributed by atoms with Gasteiger partial charge in [-0.2, -0.15) is 0 Å². The summed E-state index contributed by atoms with van der Waals surface area (Å²) in [7, 11) is 1.88. The highest BCUT2D eigenvalue weighted by Gasteiger charge is 2.10. The quantitative estimate of drug-likeness (QED) is 0.813. The minimum atomic E-state index is 0.397. The van der Waals surface area contributed by atoms with E-state index in [1.807, 2.05) is 23.8 Å². The first-order valence-electron chi connectivity index (χ1n) is 7.38. The molecule has 2 aromatic heterocycles. The summed E-state index contributed by atoms with van der Waals surface area (Å²) in [6, 6.07) is 0.397. The first-order valence-corrected chi connectivity index (χ1v) is 7.38. The fraction of sp³-hybridized carbons (Fsp3) is 0.600. The molecule has 2 N–H and O–H groups in total. The molecule has 0 radical (unpaired) electrons. The molecule has 2 rings (SSSR count). The van der Waals surface area contributed by atoms with Gasteiger partial charge in [-0.15, -0.1) is 0 Å². The maximum absolute atomic E-state index is 4.57. The van der Waals surface area contributed by atoms with Gasteiger partial charge in [0, 0.05) is 25.5 Å². The van der Waals surface area contributed by atoms with Gasteiger partial charge in [0.1, 0.15) is 5.82 Å². The van der Waals surface area contributed by atoms with Crippen molar-refractivity contribution in [3.8, 4) is 0 Å². The normalized spacial score (nSPS) is 12.8. The molecule has 5 nitrogen and oxygen atoms in total. The number of hydrogen-bond acceptors (Lipinski definition) is 4. The van der Waals surface area contributed by atoms with Crippen LogP contribution >= 0.6 is 0 Å². The van der Waals surface area contributed by atoms with Crippen LogP contribution in [0.25, 0.3) is 5.65 Å². The minimum Gasteiger partial charge on any atom is -0.372 e. The van der Waals surface area contributed by atoms with Crippen molar-refractivity contribution in [2.24, 2.45) is 5.92 Å². The van der Waals surface area contributed by atoms with Gasteiger partial charge in [-0.05, 0) is 19.3 Å². The molecule has 2 aromatic rings. The first kappa shape index (κ1) is 14.6. The Morgan fingerprint density at radius 3 is 2.75 bits per heavy atom. The Labute approximate surface area is 120 Å². The number of hydrogen-bond donors (Lipinski definition) is 2. The van der Waals surface area contributed by atoms with Gasteiger partial charge >= 0.3 is 0 Å². The summed E-state index contributed by atoms with van der Waals surface area (Å²) in [5, 5.41) is 6.57. The molecule has 0 amide bonds.